The van der Waals surface area contributed by atoms with Crippen LogP contribution < -0.4 is 10.6 Å². The highest BCUT2D eigenvalue weighted by atomic mass is 79.9. The number of nitrogens with one attached hydrogen (secondary N) is 2. The molecule has 3 rings (SSSR count). The van der Waals surface area contributed by atoms with Gasteiger partial charge in [-0.3, -0.25) is 9.48 Å². The van der Waals surface area contributed by atoms with Gasteiger partial charge in [0.15, 0.2) is 0 Å². The molecule has 0 saturated carbocycles. The first-order valence-corrected chi connectivity index (χ1v) is 8.11. The van der Waals surface area contributed by atoms with Gasteiger partial charge in [0.1, 0.15) is 5.82 Å². The fourth-order valence-corrected chi connectivity index (χ4v) is 2.37. The fourth-order valence-electron chi connectivity index (χ4n) is 2.10. The second kappa shape index (κ2) is 7.69. The summed E-state index contributed by atoms with van der Waals surface area (Å²) in [4.78, 5) is 16.7. The van der Waals surface area contributed by atoms with E-state index in [0.29, 0.717) is 24.5 Å². The Kier molecular flexibility index (Phi) is 5.17. The Balaban J connectivity index is 1.66. The number of carbonyl (C=O) groups is 1. The van der Waals surface area contributed by atoms with Crippen molar-refractivity contribution in [1.82, 2.24) is 20.0 Å². The number of anilines is 2. The molecule has 0 spiro atoms. The summed E-state index contributed by atoms with van der Waals surface area (Å²) in [5.74, 6) is 0.320. The average molecular weight is 387 g/mol. The fraction of sp³-hybridized carbons (Fsp3) is 0.125. The molecule has 0 unspecified atom stereocenters. The number of aromatic nitrogens is 4. The highest BCUT2D eigenvalue weighted by molar-refractivity contribution is 9.10. The molecule has 3 aromatic rings. The van der Waals surface area contributed by atoms with Crippen molar-refractivity contribution in [3.8, 4) is 0 Å². The van der Waals surface area contributed by atoms with Crippen molar-refractivity contribution >= 4 is 33.3 Å². The molecule has 8 heteroatoms. The zero-order valence-electron chi connectivity index (χ0n) is 12.7. The quantitative estimate of drug-likeness (QED) is 0.680. The van der Waals surface area contributed by atoms with E-state index in [1.165, 1.54) is 0 Å². The summed E-state index contributed by atoms with van der Waals surface area (Å²) in [7, 11) is 0. The van der Waals surface area contributed by atoms with Gasteiger partial charge in [0, 0.05) is 29.1 Å². The maximum Gasteiger partial charge on any atom is 0.259 e. The van der Waals surface area contributed by atoms with E-state index >= 15 is 0 Å². The SMILES string of the molecule is O=C(Nc1ccc(Br)cc1)c1cccnc1NCCn1ccnn1. The highest BCUT2D eigenvalue weighted by Crippen LogP contribution is 2.17. The smallest absolute Gasteiger partial charge is 0.259 e. The number of carbonyl (C=O) groups excluding carboxylic acids is 1. The van der Waals surface area contributed by atoms with Crippen molar-refractivity contribution in [1.29, 1.82) is 0 Å². The molecule has 0 aliphatic carbocycles. The van der Waals surface area contributed by atoms with Gasteiger partial charge in [0.25, 0.3) is 5.91 Å². The number of halogens is 1. The van der Waals surface area contributed by atoms with Gasteiger partial charge in [0.05, 0.1) is 18.3 Å². The van der Waals surface area contributed by atoms with Crippen LogP contribution in [0.5, 0.6) is 0 Å². The van der Waals surface area contributed by atoms with E-state index in [9.17, 15) is 4.79 Å². The minimum atomic E-state index is -0.214. The van der Waals surface area contributed by atoms with Crippen LogP contribution in [0.15, 0.2) is 59.5 Å². The summed E-state index contributed by atoms with van der Waals surface area (Å²) in [5.41, 5.74) is 1.21. The molecule has 2 N–H and O–H groups in total. The lowest BCUT2D eigenvalue weighted by Crippen LogP contribution is -2.18. The zero-order valence-corrected chi connectivity index (χ0v) is 14.3. The lowest BCUT2D eigenvalue weighted by atomic mass is 10.2. The molecule has 0 aliphatic heterocycles. The van der Waals surface area contributed by atoms with Gasteiger partial charge in [-0.15, -0.1) is 5.10 Å². The first-order chi connectivity index (χ1) is 11.7. The summed E-state index contributed by atoms with van der Waals surface area (Å²) in [5, 5.41) is 13.7. The number of amides is 1. The first-order valence-electron chi connectivity index (χ1n) is 7.32. The molecule has 122 valence electrons. The third kappa shape index (κ3) is 4.17. The molecule has 1 aromatic carbocycles. The van der Waals surface area contributed by atoms with E-state index in [2.05, 4.69) is 41.9 Å². The molecule has 0 fully saturated rings. The standard InChI is InChI=1S/C16H15BrN6O/c17-12-3-5-13(6-4-12)21-16(24)14-2-1-7-18-15(14)19-8-10-23-11-9-20-22-23/h1-7,9,11H,8,10H2,(H,18,19)(H,21,24). The highest BCUT2D eigenvalue weighted by Gasteiger charge is 2.12. The lowest BCUT2D eigenvalue weighted by molar-refractivity contribution is 0.102. The maximum absolute atomic E-state index is 12.5. The van der Waals surface area contributed by atoms with Crippen molar-refractivity contribution in [2.24, 2.45) is 0 Å². The van der Waals surface area contributed by atoms with Crippen LogP contribution in [0.25, 0.3) is 0 Å². The molecule has 7 nitrogen and oxygen atoms in total. The topological polar surface area (TPSA) is 84.7 Å². The van der Waals surface area contributed by atoms with Crippen molar-refractivity contribution in [3.63, 3.8) is 0 Å². The molecule has 24 heavy (non-hydrogen) atoms. The molecule has 0 radical (unpaired) electrons. The third-order valence-corrected chi connectivity index (χ3v) is 3.79. The first kappa shape index (κ1) is 16.1. The lowest BCUT2D eigenvalue weighted by Gasteiger charge is -2.11. The number of rotatable bonds is 6. The summed E-state index contributed by atoms with van der Waals surface area (Å²) >= 11 is 3.37. The van der Waals surface area contributed by atoms with Crippen LogP contribution in [0.4, 0.5) is 11.5 Å². The minimum absolute atomic E-state index is 0.214. The maximum atomic E-state index is 12.5. The number of hydrogen-bond acceptors (Lipinski definition) is 5. The number of hydrogen-bond donors (Lipinski definition) is 2. The molecular formula is C16H15BrN6O. The monoisotopic (exact) mass is 386 g/mol. The molecule has 2 heterocycles. The molecule has 2 aromatic heterocycles. The van der Waals surface area contributed by atoms with Gasteiger partial charge in [-0.2, -0.15) is 0 Å². The van der Waals surface area contributed by atoms with E-state index in [0.717, 1.165) is 10.2 Å². The van der Waals surface area contributed by atoms with Crippen LogP contribution in [0.2, 0.25) is 0 Å². The minimum Gasteiger partial charge on any atom is -0.368 e. The number of nitrogens with zero attached hydrogens (tertiary/aromatic N) is 4. The normalized spacial score (nSPS) is 10.4. The molecular weight excluding hydrogens is 372 g/mol. The second-order valence-electron chi connectivity index (χ2n) is 4.95. The average Bonchev–Trinajstić information content (AvgIpc) is 3.11. The van der Waals surface area contributed by atoms with E-state index in [1.807, 2.05) is 24.3 Å². The van der Waals surface area contributed by atoms with E-state index in [-0.39, 0.29) is 5.91 Å². The number of pyridine rings is 1. The Hall–Kier alpha value is -2.74. The molecule has 0 aliphatic rings. The summed E-state index contributed by atoms with van der Waals surface area (Å²) in [6, 6.07) is 10.9. The second-order valence-corrected chi connectivity index (χ2v) is 5.87. The van der Waals surface area contributed by atoms with E-state index in [1.54, 1.807) is 35.4 Å². The third-order valence-electron chi connectivity index (χ3n) is 3.26. The summed E-state index contributed by atoms with van der Waals surface area (Å²) in [6.45, 7) is 1.21. The van der Waals surface area contributed by atoms with Gasteiger partial charge < -0.3 is 10.6 Å². The van der Waals surface area contributed by atoms with Gasteiger partial charge >= 0.3 is 0 Å². The van der Waals surface area contributed by atoms with Crippen LogP contribution in [0, 0.1) is 0 Å². The van der Waals surface area contributed by atoms with Crippen LogP contribution in [0.1, 0.15) is 10.4 Å². The number of benzene rings is 1. The Bertz CT molecular complexity index is 804. The van der Waals surface area contributed by atoms with Crippen LogP contribution in [0.3, 0.4) is 0 Å². The van der Waals surface area contributed by atoms with E-state index in [4.69, 9.17) is 0 Å². The van der Waals surface area contributed by atoms with Crippen LogP contribution in [-0.2, 0) is 6.54 Å². The predicted molar refractivity (Wildman–Crippen MR) is 94.8 cm³/mol. The van der Waals surface area contributed by atoms with Gasteiger partial charge in [-0.25, -0.2) is 4.98 Å². The molecule has 0 bridgehead atoms. The Morgan fingerprint density at radius 1 is 1.17 bits per heavy atom. The molecule has 1 amide bonds. The van der Waals surface area contributed by atoms with Crippen molar-refractivity contribution < 1.29 is 4.79 Å². The van der Waals surface area contributed by atoms with Gasteiger partial charge in [-0.05, 0) is 36.4 Å². The summed E-state index contributed by atoms with van der Waals surface area (Å²) in [6.07, 6.45) is 5.05. The van der Waals surface area contributed by atoms with Crippen LogP contribution >= 0.6 is 15.9 Å². The van der Waals surface area contributed by atoms with Gasteiger partial charge in [0.2, 0.25) is 0 Å². The Morgan fingerprint density at radius 3 is 2.75 bits per heavy atom. The van der Waals surface area contributed by atoms with Crippen LogP contribution in [-0.4, -0.2) is 32.4 Å². The molecule has 0 atom stereocenters. The van der Waals surface area contributed by atoms with Crippen molar-refractivity contribution in [3.05, 3.63) is 65.0 Å². The Labute approximate surface area is 147 Å². The van der Waals surface area contributed by atoms with Gasteiger partial charge in [-0.1, -0.05) is 21.1 Å². The largest absolute Gasteiger partial charge is 0.368 e. The zero-order chi connectivity index (χ0) is 16.8. The predicted octanol–water partition coefficient (Wildman–Crippen LogP) is 2.80. The van der Waals surface area contributed by atoms with Crippen molar-refractivity contribution in [2.45, 2.75) is 6.54 Å². The Morgan fingerprint density at radius 2 is 2.00 bits per heavy atom. The van der Waals surface area contributed by atoms with Crippen molar-refractivity contribution in [2.75, 3.05) is 17.2 Å². The summed E-state index contributed by atoms with van der Waals surface area (Å²) < 4.78 is 2.66. The van der Waals surface area contributed by atoms with E-state index < -0.39 is 0 Å². The molecule has 0 saturated heterocycles.